The van der Waals surface area contributed by atoms with Crippen LogP contribution in [0.2, 0.25) is 0 Å². The van der Waals surface area contributed by atoms with Crippen LogP contribution in [0.5, 0.6) is 0 Å². The molecule has 1 unspecified atom stereocenters. The van der Waals surface area contributed by atoms with Gasteiger partial charge >= 0.3 is 0 Å². The molecule has 1 fully saturated rings. The van der Waals surface area contributed by atoms with Crippen LogP contribution in [0.1, 0.15) is 34.3 Å². The lowest BCUT2D eigenvalue weighted by Crippen LogP contribution is -2.51. The van der Waals surface area contributed by atoms with E-state index < -0.39 is 0 Å². The molecule has 2 aromatic carbocycles. The van der Waals surface area contributed by atoms with Crippen molar-refractivity contribution in [2.45, 2.75) is 31.7 Å². The van der Waals surface area contributed by atoms with Crippen LogP contribution in [-0.4, -0.2) is 68.1 Å². The Bertz CT molecular complexity index is 767. The second-order valence-electron chi connectivity index (χ2n) is 8.45. The van der Waals surface area contributed by atoms with Crippen LogP contribution in [0.15, 0.2) is 54.6 Å². The average molecular weight is 395 g/mol. The minimum absolute atomic E-state index is 0.216. The van der Waals surface area contributed by atoms with Gasteiger partial charge in [-0.2, -0.15) is 0 Å². The van der Waals surface area contributed by atoms with Gasteiger partial charge in [-0.25, -0.2) is 0 Å². The number of ketones is 1. The number of hydrogen-bond donors (Lipinski definition) is 0. The molecular formula is C25H34N2O2. The summed E-state index contributed by atoms with van der Waals surface area (Å²) >= 11 is 0. The molecule has 3 rings (SSSR count). The van der Waals surface area contributed by atoms with E-state index in [1.165, 1.54) is 11.1 Å². The first-order valence-electron chi connectivity index (χ1n) is 10.6. The molecule has 1 atom stereocenters. The highest BCUT2D eigenvalue weighted by Crippen LogP contribution is 2.29. The number of aryl methyl sites for hydroxylation is 1. The molecule has 0 amide bonds. The molecular weight excluding hydrogens is 360 g/mol. The van der Waals surface area contributed by atoms with Gasteiger partial charge in [-0.15, -0.1) is 0 Å². The van der Waals surface area contributed by atoms with E-state index in [-0.39, 0.29) is 11.3 Å². The first-order chi connectivity index (χ1) is 14.0. The molecule has 0 N–H and O–H groups in total. The predicted octanol–water partition coefficient (Wildman–Crippen LogP) is 3.83. The van der Waals surface area contributed by atoms with Gasteiger partial charge in [-0.1, -0.05) is 60.2 Å². The SMILES string of the molecule is Cc1ccc(CC(CCN2CCOCC2)(CC(=O)c2ccccc2)N(C)C)cc1. The fourth-order valence-corrected chi connectivity index (χ4v) is 4.08. The summed E-state index contributed by atoms with van der Waals surface area (Å²) in [5, 5.41) is 0. The van der Waals surface area contributed by atoms with Crippen LogP contribution in [0, 0.1) is 6.92 Å². The van der Waals surface area contributed by atoms with Crippen molar-refractivity contribution in [2.75, 3.05) is 46.9 Å². The molecule has 0 spiro atoms. The summed E-state index contributed by atoms with van der Waals surface area (Å²) in [5.74, 6) is 0.216. The fraction of sp³-hybridized carbons (Fsp3) is 0.480. The van der Waals surface area contributed by atoms with Crippen molar-refractivity contribution in [1.82, 2.24) is 9.80 Å². The van der Waals surface area contributed by atoms with E-state index in [9.17, 15) is 4.79 Å². The lowest BCUT2D eigenvalue weighted by Gasteiger charge is -2.42. The molecule has 0 aromatic heterocycles. The Kier molecular flexibility index (Phi) is 7.59. The Morgan fingerprint density at radius 1 is 1.03 bits per heavy atom. The van der Waals surface area contributed by atoms with Crippen molar-refractivity contribution in [3.63, 3.8) is 0 Å². The Balaban J connectivity index is 1.83. The topological polar surface area (TPSA) is 32.8 Å². The number of likely N-dealkylation sites (N-methyl/N-ethyl adjacent to an activating group) is 1. The zero-order valence-electron chi connectivity index (χ0n) is 18.1. The molecule has 1 saturated heterocycles. The molecule has 4 heteroatoms. The smallest absolute Gasteiger partial charge is 0.164 e. The summed E-state index contributed by atoms with van der Waals surface area (Å²) in [6.45, 7) is 6.64. The Hall–Kier alpha value is -2.01. The third-order valence-corrected chi connectivity index (χ3v) is 6.18. The quantitative estimate of drug-likeness (QED) is 0.605. The number of morpholine rings is 1. The highest BCUT2D eigenvalue weighted by atomic mass is 16.5. The largest absolute Gasteiger partial charge is 0.379 e. The molecule has 1 heterocycles. The Morgan fingerprint density at radius 2 is 1.69 bits per heavy atom. The molecule has 156 valence electrons. The van der Waals surface area contributed by atoms with E-state index >= 15 is 0 Å². The zero-order chi connectivity index (χ0) is 20.7. The maximum atomic E-state index is 13.2. The highest BCUT2D eigenvalue weighted by Gasteiger charge is 2.36. The summed E-state index contributed by atoms with van der Waals surface area (Å²) in [4.78, 5) is 17.9. The van der Waals surface area contributed by atoms with Crippen LogP contribution in [-0.2, 0) is 11.2 Å². The van der Waals surface area contributed by atoms with Gasteiger partial charge in [-0.05, 0) is 39.4 Å². The van der Waals surface area contributed by atoms with E-state index in [4.69, 9.17) is 4.74 Å². The molecule has 1 aliphatic heterocycles. The number of carbonyl (C=O) groups excluding carboxylic acids is 1. The van der Waals surface area contributed by atoms with Crippen molar-refractivity contribution in [3.05, 3.63) is 71.3 Å². The third kappa shape index (κ3) is 5.99. The number of nitrogens with zero attached hydrogens (tertiary/aromatic N) is 2. The van der Waals surface area contributed by atoms with E-state index in [0.29, 0.717) is 6.42 Å². The van der Waals surface area contributed by atoms with Crippen molar-refractivity contribution < 1.29 is 9.53 Å². The van der Waals surface area contributed by atoms with Crippen LogP contribution < -0.4 is 0 Å². The van der Waals surface area contributed by atoms with Gasteiger partial charge in [0.2, 0.25) is 0 Å². The average Bonchev–Trinajstić information content (AvgIpc) is 2.75. The fourth-order valence-electron chi connectivity index (χ4n) is 4.08. The first kappa shape index (κ1) is 21.7. The van der Waals surface area contributed by atoms with Crippen LogP contribution in [0.3, 0.4) is 0 Å². The summed E-state index contributed by atoms with van der Waals surface area (Å²) in [6.07, 6.45) is 2.33. The Labute approximate surface area is 175 Å². The summed E-state index contributed by atoms with van der Waals surface area (Å²) in [5.41, 5.74) is 3.12. The maximum Gasteiger partial charge on any atom is 0.164 e. The lowest BCUT2D eigenvalue weighted by atomic mass is 9.80. The van der Waals surface area contributed by atoms with E-state index in [1.807, 2.05) is 30.3 Å². The first-order valence-corrected chi connectivity index (χ1v) is 10.6. The van der Waals surface area contributed by atoms with Gasteiger partial charge in [-0.3, -0.25) is 9.69 Å². The van der Waals surface area contributed by atoms with E-state index in [1.54, 1.807) is 0 Å². The lowest BCUT2D eigenvalue weighted by molar-refractivity contribution is 0.0253. The molecule has 0 bridgehead atoms. The minimum Gasteiger partial charge on any atom is -0.379 e. The van der Waals surface area contributed by atoms with E-state index in [2.05, 4.69) is 55.1 Å². The number of benzene rings is 2. The molecule has 4 nitrogen and oxygen atoms in total. The number of hydrogen-bond acceptors (Lipinski definition) is 4. The third-order valence-electron chi connectivity index (χ3n) is 6.18. The number of Topliss-reactive ketones (excluding diaryl/α,β-unsaturated/α-hetero) is 1. The number of rotatable bonds is 9. The maximum absolute atomic E-state index is 13.2. The molecule has 2 aromatic rings. The van der Waals surface area contributed by atoms with Crippen LogP contribution in [0.25, 0.3) is 0 Å². The van der Waals surface area contributed by atoms with Crippen LogP contribution >= 0.6 is 0 Å². The zero-order valence-corrected chi connectivity index (χ0v) is 18.1. The molecule has 0 saturated carbocycles. The predicted molar refractivity (Wildman–Crippen MR) is 119 cm³/mol. The molecule has 1 aliphatic rings. The van der Waals surface area contributed by atoms with Gasteiger partial charge in [0.15, 0.2) is 5.78 Å². The monoisotopic (exact) mass is 394 g/mol. The minimum atomic E-state index is -0.222. The van der Waals surface area contributed by atoms with Crippen molar-refractivity contribution in [1.29, 1.82) is 0 Å². The summed E-state index contributed by atoms with van der Waals surface area (Å²) in [7, 11) is 4.23. The van der Waals surface area contributed by atoms with Crippen molar-refractivity contribution >= 4 is 5.78 Å². The second-order valence-corrected chi connectivity index (χ2v) is 8.45. The molecule has 29 heavy (non-hydrogen) atoms. The number of carbonyl (C=O) groups is 1. The van der Waals surface area contributed by atoms with Gasteiger partial charge in [0.1, 0.15) is 0 Å². The van der Waals surface area contributed by atoms with Gasteiger partial charge < -0.3 is 9.64 Å². The number of ether oxygens (including phenoxy) is 1. The van der Waals surface area contributed by atoms with Gasteiger partial charge in [0.05, 0.1) is 13.2 Å². The highest BCUT2D eigenvalue weighted by molar-refractivity contribution is 5.96. The van der Waals surface area contributed by atoms with Gasteiger partial charge in [0, 0.05) is 37.2 Å². The van der Waals surface area contributed by atoms with Crippen molar-refractivity contribution in [3.8, 4) is 0 Å². The second kappa shape index (κ2) is 10.1. The standard InChI is InChI=1S/C25H34N2O2/c1-21-9-11-22(12-10-21)19-25(26(2)3,13-14-27-15-17-29-18-16-27)20-24(28)23-7-5-4-6-8-23/h4-12H,13-20H2,1-3H3. The van der Waals surface area contributed by atoms with E-state index in [0.717, 1.165) is 51.3 Å². The van der Waals surface area contributed by atoms with Crippen LogP contribution in [0.4, 0.5) is 0 Å². The van der Waals surface area contributed by atoms with Gasteiger partial charge in [0.25, 0.3) is 0 Å². The molecule has 0 radical (unpaired) electrons. The van der Waals surface area contributed by atoms with Crippen molar-refractivity contribution in [2.24, 2.45) is 0 Å². The Morgan fingerprint density at radius 3 is 2.31 bits per heavy atom. The molecule has 0 aliphatic carbocycles. The summed E-state index contributed by atoms with van der Waals surface area (Å²) < 4.78 is 5.50. The normalized spacial score (nSPS) is 17.2. The summed E-state index contributed by atoms with van der Waals surface area (Å²) in [6, 6.07) is 18.4.